The highest BCUT2D eigenvalue weighted by atomic mass is 14.8. The lowest BCUT2D eigenvalue weighted by atomic mass is 9.84. The highest BCUT2D eigenvalue weighted by molar-refractivity contribution is 6.04. The quantitative estimate of drug-likeness (QED) is 0.119. The van der Waals surface area contributed by atoms with E-state index in [2.05, 4.69) is 206 Å². The average Bonchev–Trinajstić information content (AvgIpc) is 3.22. The topological polar surface area (TPSA) is 25.8 Å². The zero-order chi connectivity index (χ0) is 34.7. The fraction of sp³-hybridized carbons (Fsp3) is 0.0400. The molecule has 52 heavy (non-hydrogen) atoms. The van der Waals surface area contributed by atoms with Gasteiger partial charge >= 0.3 is 0 Å². The molecule has 0 aliphatic heterocycles. The van der Waals surface area contributed by atoms with E-state index in [0.717, 1.165) is 44.3 Å². The summed E-state index contributed by atoms with van der Waals surface area (Å²) in [4.78, 5) is 10.6. The van der Waals surface area contributed by atoms with Crippen LogP contribution < -0.4 is 0 Å². The van der Waals surface area contributed by atoms with Crippen LogP contribution in [0.2, 0.25) is 0 Å². The molecule has 0 aliphatic carbocycles. The van der Waals surface area contributed by atoms with Crippen molar-refractivity contribution >= 4 is 21.8 Å². The fourth-order valence-corrected chi connectivity index (χ4v) is 7.58. The van der Waals surface area contributed by atoms with Gasteiger partial charge in [-0.05, 0) is 57.6 Å². The molecule has 2 nitrogen and oxygen atoms in total. The van der Waals surface area contributed by atoms with Crippen molar-refractivity contribution in [3.63, 3.8) is 0 Å². The van der Waals surface area contributed by atoms with E-state index in [1.807, 2.05) is 0 Å². The number of aromatic nitrogens is 2. The lowest BCUT2D eigenvalue weighted by Crippen LogP contribution is -2.03. The molecule has 0 N–H and O–H groups in total. The Hall–Kier alpha value is -6.64. The van der Waals surface area contributed by atoms with E-state index in [-0.39, 0.29) is 11.8 Å². The Morgan fingerprint density at radius 2 is 0.577 bits per heavy atom. The predicted octanol–water partition coefficient (Wildman–Crippen LogP) is 12.5. The monoisotopic (exact) mass is 664 g/mol. The summed E-state index contributed by atoms with van der Waals surface area (Å²) in [5.41, 5.74) is 13.4. The first kappa shape index (κ1) is 31.3. The van der Waals surface area contributed by atoms with Crippen molar-refractivity contribution in [1.29, 1.82) is 0 Å². The maximum Gasteiger partial charge on any atom is 0.0972 e. The highest BCUT2D eigenvalue weighted by Crippen LogP contribution is 2.36. The van der Waals surface area contributed by atoms with Gasteiger partial charge in [-0.15, -0.1) is 0 Å². The van der Waals surface area contributed by atoms with Crippen LogP contribution in [0.5, 0.6) is 0 Å². The van der Waals surface area contributed by atoms with Gasteiger partial charge < -0.3 is 0 Å². The van der Waals surface area contributed by atoms with Crippen LogP contribution in [0.25, 0.3) is 44.3 Å². The smallest absolute Gasteiger partial charge is 0.0972 e. The summed E-state index contributed by atoms with van der Waals surface area (Å²) < 4.78 is 0. The SMILES string of the molecule is c1ccc(C(c2ccccc2)c2cccc(-c3ccc4ccc5ccc(-c6cccc(C(c7ccccc7)c7ccccc7)c6)nc5c4n3)c2)cc1. The van der Waals surface area contributed by atoms with Gasteiger partial charge in [-0.1, -0.05) is 182 Å². The third-order valence-electron chi connectivity index (χ3n) is 10.1. The molecule has 0 spiro atoms. The zero-order valence-corrected chi connectivity index (χ0v) is 28.7. The summed E-state index contributed by atoms with van der Waals surface area (Å²) in [6, 6.07) is 73.6. The lowest BCUT2D eigenvalue weighted by Gasteiger charge is -2.20. The molecule has 2 heteroatoms. The van der Waals surface area contributed by atoms with E-state index in [1.54, 1.807) is 0 Å². The Bertz CT molecular complexity index is 2350. The van der Waals surface area contributed by atoms with Gasteiger partial charge in [0.25, 0.3) is 0 Å². The van der Waals surface area contributed by atoms with Gasteiger partial charge in [-0.25, -0.2) is 9.97 Å². The second kappa shape index (κ2) is 13.9. The molecule has 0 radical (unpaired) electrons. The summed E-state index contributed by atoms with van der Waals surface area (Å²) in [6.45, 7) is 0. The summed E-state index contributed by atoms with van der Waals surface area (Å²) in [5.74, 6) is 0.235. The minimum absolute atomic E-state index is 0.118. The van der Waals surface area contributed by atoms with Crippen molar-refractivity contribution < 1.29 is 0 Å². The van der Waals surface area contributed by atoms with Crippen molar-refractivity contribution in [1.82, 2.24) is 9.97 Å². The Balaban J connectivity index is 1.12. The molecule has 0 atom stereocenters. The molecule has 0 aliphatic rings. The van der Waals surface area contributed by atoms with Gasteiger partial charge in [0.05, 0.1) is 22.4 Å². The standard InChI is InChI=1S/C50H36N2/c1-5-15-35(16-6-1)47(36-17-7-2-8-18-36)43-25-13-23-41(33-43)45-31-29-39-27-28-40-30-32-46(52-50(40)49(39)51-45)42-24-14-26-44(34-42)48(37-19-9-3-10-20-37)38-21-11-4-12-22-38/h1-34,47-48H. The van der Waals surface area contributed by atoms with Crippen molar-refractivity contribution in [2.75, 3.05) is 0 Å². The lowest BCUT2D eigenvalue weighted by molar-refractivity contribution is 0.977. The molecule has 2 aromatic heterocycles. The van der Waals surface area contributed by atoms with Crippen molar-refractivity contribution in [2.24, 2.45) is 0 Å². The number of rotatable bonds is 8. The molecule has 0 saturated carbocycles. The largest absolute Gasteiger partial charge is 0.245 e. The Labute approximate surface area is 304 Å². The number of fused-ring (bicyclic) bond motifs is 3. The van der Waals surface area contributed by atoms with Crippen LogP contribution in [0.3, 0.4) is 0 Å². The van der Waals surface area contributed by atoms with Gasteiger partial charge in [0.1, 0.15) is 0 Å². The second-order valence-corrected chi connectivity index (χ2v) is 13.4. The van der Waals surface area contributed by atoms with E-state index in [0.29, 0.717) is 0 Å². The van der Waals surface area contributed by atoms with E-state index < -0.39 is 0 Å². The molecule has 0 saturated heterocycles. The summed E-state index contributed by atoms with van der Waals surface area (Å²) in [6.07, 6.45) is 0. The van der Waals surface area contributed by atoms with Gasteiger partial charge in [0.2, 0.25) is 0 Å². The van der Waals surface area contributed by atoms with E-state index in [9.17, 15) is 0 Å². The molecular formula is C50H36N2. The van der Waals surface area contributed by atoms with Crippen LogP contribution in [0.1, 0.15) is 45.2 Å². The van der Waals surface area contributed by atoms with Crippen molar-refractivity contribution in [3.8, 4) is 22.5 Å². The Morgan fingerprint density at radius 1 is 0.269 bits per heavy atom. The van der Waals surface area contributed by atoms with Gasteiger partial charge in [0.15, 0.2) is 0 Å². The number of benzene rings is 7. The molecule has 0 amide bonds. The molecule has 9 aromatic rings. The maximum atomic E-state index is 5.32. The van der Waals surface area contributed by atoms with Gasteiger partial charge in [-0.3, -0.25) is 0 Å². The van der Waals surface area contributed by atoms with Crippen molar-refractivity contribution in [3.05, 3.63) is 240 Å². The van der Waals surface area contributed by atoms with Crippen LogP contribution >= 0.6 is 0 Å². The molecular weight excluding hydrogens is 629 g/mol. The van der Waals surface area contributed by atoms with Crippen LogP contribution in [0.4, 0.5) is 0 Å². The first-order valence-electron chi connectivity index (χ1n) is 17.9. The zero-order valence-electron chi connectivity index (χ0n) is 28.7. The molecule has 0 bridgehead atoms. The first-order valence-corrected chi connectivity index (χ1v) is 17.9. The van der Waals surface area contributed by atoms with Crippen molar-refractivity contribution in [2.45, 2.75) is 11.8 Å². The predicted molar refractivity (Wildman–Crippen MR) is 216 cm³/mol. The third-order valence-corrected chi connectivity index (χ3v) is 10.1. The number of pyridine rings is 2. The van der Waals surface area contributed by atoms with Crippen LogP contribution in [0, 0.1) is 0 Å². The fourth-order valence-electron chi connectivity index (χ4n) is 7.58. The van der Waals surface area contributed by atoms with E-state index in [1.165, 1.54) is 33.4 Å². The second-order valence-electron chi connectivity index (χ2n) is 13.4. The first-order chi connectivity index (χ1) is 25.8. The Kier molecular flexibility index (Phi) is 8.40. The minimum Gasteiger partial charge on any atom is -0.245 e. The molecule has 0 unspecified atom stereocenters. The summed E-state index contributed by atoms with van der Waals surface area (Å²) in [7, 11) is 0. The summed E-state index contributed by atoms with van der Waals surface area (Å²) in [5, 5.41) is 2.15. The maximum absolute atomic E-state index is 5.32. The Morgan fingerprint density at radius 3 is 0.923 bits per heavy atom. The molecule has 246 valence electrons. The van der Waals surface area contributed by atoms with Crippen LogP contribution in [0.15, 0.2) is 206 Å². The van der Waals surface area contributed by atoms with E-state index in [4.69, 9.17) is 9.97 Å². The number of hydrogen-bond acceptors (Lipinski definition) is 2. The van der Waals surface area contributed by atoms with Crippen LogP contribution in [-0.2, 0) is 0 Å². The third kappa shape index (κ3) is 6.16. The molecule has 0 fully saturated rings. The molecule has 7 aromatic carbocycles. The summed E-state index contributed by atoms with van der Waals surface area (Å²) >= 11 is 0. The number of nitrogens with zero attached hydrogens (tertiary/aromatic N) is 2. The average molecular weight is 665 g/mol. The van der Waals surface area contributed by atoms with Crippen LogP contribution in [-0.4, -0.2) is 9.97 Å². The minimum atomic E-state index is 0.118. The van der Waals surface area contributed by atoms with E-state index >= 15 is 0 Å². The van der Waals surface area contributed by atoms with Gasteiger partial charge in [-0.2, -0.15) is 0 Å². The highest BCUT2D eigenvalue weighted by Gasteiger charge is 2.19. The molecule has 2 heterocycles. The van der Waals surface area contributed by atoms with Gasteiger partial charge in [0, 0.05) is 33.7 Å². The molecule has 9 rings (SSSR count). The normalized spacial score (nSPS) is 11.4. The number of hydrogen-bond donors (Lipinski definition) is 0.